The minimum Gasteiger partial charge on any atom is -0.381 e. The van der Waals surface area contributed by atoms with E-state index in [-0.39, 0.29) is 5.75 Å². The molecule has 0 saturated heterocycles. The zero-order valence-electron chi connectivity index (χ0n) is 12.7. The van der Waals surface area contributed by atoms with Gasteiger partial charge in [0.25, 0.3) is 5.25 Å². The number of hydrogen-bond acceptors (Lipinski definition) is 5. The second kappa shape index (κ2) is 5.53. The average molecular weight is 325 g/mol. The first kappa shape index (κ1) is 16.2. The molecule has 3 amide bonds. The van der Waals surface area contributed by atoms with Gasteiger partial charge in [-0.3, -0.25) is 0 Å². The molecule has 1 unspecified atom stereocenters. The van der Waals surface area contributed by atoms with E-state index in [0.717, 1.165) is 26.8 Å². The summed E-state index contributed by atoms with van der Waals surface area (Å²) < 4.78 is 30.7. The lowest BCUT2D eigenvalue weighted by Gasteiger charge is -2.19. The fourth-order valence-corrected chi connectivity index (χ4v) is 3.21. The SMILES string of the molecule is Cc1ccc(OS(=O)(=O)C2C=[N+](C)C(=O)N(C)C2=O)cc1C. The van der Waals surface area contributed by atoms with Crippen LogP contribution in [0.3, 0.4) is 0 Å². The first-order valence-electron chi connectivity index (χ1n) is 6.53. The van der Waals surface area contributed by atoms with Crippen LogP contribution in [0.5, 0.6) is 5.75 Å². The van der Waals surface area contributed by atoms with Gasteiger partial charge in [-0.1, -0.05) is 6.07 Å². The summed E-state index contributed by atoms with van der Waals surface area (Å²) in [4.78, 5) is 24.4. The maximum atomic E-state index is 12.3. The van der Waals surface area contributed by atoms with Crippen LogP contribution in [0.15, 0.2) is 18.2 Å². The Balaban J connectivity index is 2.36. The van der Waals surface area contributed by atoms with Crippen molar-refractivity contribution in [2.24, 2.45) is 0 Å². The normalized spacial score (nSPS) is 19.2. The van der Waals surface area contributed by atoms with Crippen LogP contribution < -0.4 is 4.18 Å². The first-order valence-corrected chi connectivity index (χ1v) is 8.00. The van der Waals surface area contributed by atoms with Crippen LogP contribution in [0.1, 0.15) is 11.1 Å². The molecule has 1 heterocycles. The van der Waals surface area contributed by atoms with Gasteiger partial charge in [0.15, 0.2) is 0 Å². The minimum atomic E-state index is -4.25. The number of benzene rings is 1. The second-order valence-electron chi connectivity index (χ2n) is 5.18. The third-order valence-electron chi connectivity index (χ3n) is 3.52. The van der Waals surface area contributed by atoms with Crippen LogP contribution in [0.4, 0.5) is 4.79 Å². The summed E-state index contributed by atoms with van der Waals surface area (Å²) in [6.07, 6.45) is 1.04. The van der Waals surface area contributed by atoms with Crippen molar-refractivity contribution in [3.05, 3.63) is 29.3 Å². The summed E-state index contributed by atoms with van der Waals surface area (Å²) in [5, 5.41) is -1.55. The summed E-state index contributed by atoms with van der Waals surface area (Å²) in [5.41, 5.74) is 1.87. The van der Waals surface area contributed by atoms with Gasteiger partial charge in [0.05, 0.1) is 14.1 Å². The largest absolute Gasteiger partial charge is 0.500 e. The standard InChI is InChI=1S/C14H17N2O5S/c1-9-5-6-11(7-10(9)2)21-22(19,20)12-8-15(3)14(18)16(4)13(12)17/h5-8,12H,1-4H3/q+1. The molecule has 2 rings (SSSR count). The Morgan fingerprint density at radius 3 is 2.41 bits per heavy atom. The van der Waals surface area contributed by atoms with Gasteiger partial charge in [-0.15, -0.1) is 0 Å². The van der Waals surface area contributed by atoms with Crippen LogP contribution in [0.2, 0.25) is 0 Å². The Bertz CT molecular complexity index is 782. The van der Waals surface area contributed by atoms with Crippen LogP contribution in [0.25, 0.3) is 0 Å². The molecule has 1 aliphatic heterocycles. The van der Waals surface area contributed by atoms with E-state index in [1.165, 1.54) is 20.2 Å². The lowest BCUT2D eigenvalue weighted by molar-refractivity contribution is -0.399. The van der Waals surface area contributed by atoms with Crippen LogP contribution in [-0.4, -0.2) is 55.4 Å². The Labute approximate surface area is 128 Å². The number of carbonyl (C=O) groups excluding carboxylic acids is 2. The number of rotatable bonds is 3. The average Bonchev–Trinajstić information content (AvgIpc) is 2.44. The molecule has 0 radical (unpaired) electrons. The predicted octanol–water partition coefficient (Wildman–Crippen LogP) is 0.686. The maximum Gasteiger partial charge on any atom is 0.500 e. The molecule has 1 aliphatic rings. The third-order valence-corrected chi connectivity index (χ3v) is 4.89. The van der Waals surface area contributed by atoms with Gasteiger partial charge in [-0.05, 0) is 37.1 Å². The molecule has 1 aromatic rings. The summed E-state index contributed by atoms with van der Waals surface area (Å²) in [6.45, 7) is 3.72. The highest BCUT2D eigenvalue weighted by molar-refractivity contribution is 7.89. The van der Waals surface area contributed by atoms with Gasteiger partial charge in [-0.2, -0.15) is 18.1 Å². The highest BCUT2D eigenvalue weighted by Gasteiger charge is 2.47. The highest BCUT2D eigenvalue weighted by Crippen LogP contribution is 2.20. The van der Waals surface area contributed by atoms with Crippen molar-refractivity contribution in [3.8, 4) is 5.75 Å². The molecule has 7 nitrogen and oxygen atoms in total. The number of urea groups is 1. The smallest absolute Gasteiger partial charge is 0.381 e. The van der Waals surface area contributed by atoms with E-state index in [2.05, 4.69) is 0 Å². The number of carbonyl (C=O) groups is 2. The molecule has 0 fully saturated rings. The second-order valence-corrected chi connectivity index (χ2v) is 6.84. The number of hydrogen-bond donors (Lipinski definition) is 0. The van der Waals surface area contributed by atoms with Gasteiger partial charge < -0.3 is 4.18 Å². The van der Waals surface area contributed by atoms with Gasteiger partial charge >= 0.3 is 22.1 Å². The van der Waals surface area contributed by atoms with E-state index in [9.17, 15) is 18.0 Å². The van der Waals surface area contributed by atoms with Gasteiger partial charge in [-0.25, -0.2) is 9.37 Å². The lowest BCUT2D eigenvalue weighted by Crippen LogP contribution is -2.54. The number of aryl methyl sites for hydroxylation is 2. The molecule has 1 aromatic carbocycles. The number of imide groups is 1. The Kier molecular flexibility index (Phi) is 4.06. The molecule has 0 N–H and O–H groups in total. The molecule has 0 spiro atoms. The molecule has 0 aliphatic carbocycles. The van der Waals surface area contributed by atoms with E-state index in [4.69, 9.17) is 4.18 Å². The van der Waals surface area contributed by atoms with Crippen LogP contribution in [0, 0.1) is 13.8 Å². The van der Waals surface area contributed by atoms with E-state index in [1.807, 2.05) is 13.8 Å². The maximum absolute atomic E-state index is 12.3. The zero-order chi connectivity index (χ0) is 16.7. The quantitative estimate of drug-likeness (QED) is 0.603. The van der Waals surface area contributed by atoms with Crippen molar-refractivity contribution in [2.75, 3.05) is 14.1 Å². The molecular weight excluding hydrogens is 308 g/mol. The third kappa shape index (κ3) is 2.87. The molecule has 0 saturated carbocycles. The van der Waals surface area contributed by atoms with Crippen molar-refractivity contribution < 1.29 is 26.8 Å². The van der Waals surface area contributed by atoms with Gasteiger partial charge in [0, 0.05) is 0 Å². The molecular formula is C14H17N2O5S+. The van der Waals surface area contributed by atoms with E-state index in [1.54, 1.807) is 12.1 Å². The number of nitrogens with zero attached hydrogens (tertiary/aromatic N) is 2. The molecule has 1 atom stereocenters. The molecule has 0 bridgehead atoms. The van der Waals surface area contributed by atoms with Crippen molar-refractivity contribution in [1.29, 1.82) is 0 Å². The van der Waals surface area contributed by atoms with Gasteiger partial charge in [0.1, 0.15) is 12.0 Å². The summed E-state index contributed by atoms with van der Waals surface area (Å²) in [5.74, 6) is -0.710. The van der Waals surface area contributed by atoms with E-state index in [0.29, 0.717) is 0 Å². The fourth-order valence-electron chi connectivity index (χ4n) is 2.00. The van der Waals surface area contributed by atoms with Gasteiger partial charge in [0.2, 0.25) is 0 Å². The van der Waals surface area contributed by atoms with E-state index >= 15 is 0 Å². The monoisotopic (exact) mass is 325 g/mol. The topological polar surface area (TPSA) is 83.8 Å². The lowest BCUT2D eigenvalue weighted by atomic mass is 10.1. The molecule has 118 valence electrons. The molecule has 0 aromatic heterocycles. The fraction of sp³-hybridized carbons (Fsp3) is 0.357. The summed E-state index contributed by atoms with van der Waals surface area (Å²) >= 11 is 0. The Morgan fingerprint density at radius 1 is 1.18 bits per heavy atom. The minimum absolute atomic E-state index is 0.131. The number of amides is 3. The molecule has 22 heavy (non-hydrogen) atoms. The first-order chi connectivity index (χ1) is 10.1. The Morgan fingerprint density at radius 2 is 1.82 bits per heavy atom. The van der Waals surface area contributed by atoms with Crippen LogP contribution >= 0.6 is 0 Å². The van der Waals surface area contributed by atoms with Crippen molar-refractivity contribution >= 4 is 28.3 Å². The summed E-state index contributed by atoms with van der Waals surface area (Å²) in [6, 6.07) is 4.24. The predicted molar refractivity (Wildman–Crippen MR) is 79.7 cm³/mol. The zero-order valence-corrected chi connectivity index (χ0v) is 13.5. The molecule has 8 heteroatoms. The summed E-state index contributed by atoms with van der Waals surface area (Å²) in [7, 11) is -1.64. The van der Waals surface area contributed by atoms with E-state index < -0.39 is 27.3 Å². The van der Waals surface area contributed by atoms with Crippen molar-refractivity contribution in [2.45, 2.75) is 19.1 Å². The highest BCUT2D eigenvalue weighted by atomic mass is 32.2. The van der Waals surface area contributed by atoms with Crippen molar-refractivity contribution in [1.82, 2.24) is 4.90 Å². The van der Waals surface area contributed by atoms with Crippen LogP contribution in [-0.2, 0) is 14.9 Å². The van der Waals surface area contributed by atoms with Crippen molar-refractivity contribution in [3.63, 3.8) is 0 Å². The Hall–Kier alpha value is -2.22.